The van der Waals surface area contributed by atoms with Gasteiger partial charge in [-0.25, -0.2) is 0 Å². The lowest BCUT2D eigenvalue weighted by molar-refractivity contribution is 0.402. The monoisotopic (exact) mass is 237 g/mol. The van der Waals surface area contributed by atoms with E-state index in [4.69, 9.17) is 0 Å². The summed E-state index contributed by atoms with van der Waals surface area (Å²) in [6.45, 7) is 3.45. The topological polar surface area (TPSA) is 30.7 Å². The smallest absolute Gasteiger partial charge is 0.134 e. The van der Waals surface area contributed by atoms with Crippen molar-refractivity contribution in [3.8, 4) is 0 Å². The molecular weight excluding hydrogens is 218 g/mol. The van der Waals surface area contributed by atoms with Crippen LogP contribution in [0.5, 0.6) is 0 Å². The Kier molecular flexibility index (Phi) is 2.92. The number of fused-ring (bicyclic) bond motifs is 1. The van der Waals surface area contributed by atoms with Gasteiger partial charge < -0.3 is 4.57 Å². The van der Waals surface area contributed by atoms with E-state index in [0.717, 1.165) is 30.6 Å². The highest BCUT2D eigenvalue weighted by Crippen LogP contribution is 2.29. The normalized spacial score (nSPS) is 29.3. The molecule has 0 aromatic carbocycles. The van der Waals surface area contributed by atoms with Crippen LogP contribution in [0.2, 0.25) is 0 Å². The molecule has 88 valence electrons. The minimum Gasteiger partial charge on any atom is -0.315 e. The van der Waals surface area contributed by atoms with Gasteiger partial charge in [-0.3, -0.25) is 0 Å². The van der Waals surface area contributed by atoms with Crippen LogP contribution in [0.25, 0.3) is 0 Å². The molecule has 0 saturated carbocycles. The van der Waals surface area contributed by atoms with Gasteiger partial charge in [-0.2, -0.15) is 11.8 Å². The summed E-state index contributed by atoms with van der Waals surface area (Å²) in [6.07, 6.45) is 6.28. The van der Waals surface area contributed by atoms with Crippen molar-refractivity contribution in [3.05, 3.63) is 11.6 Å². The quantitative estimate of drug-likeness (QED) is 0.791. The SMILES string of the molecule is CC1CCn2c(nnc2CC2CCCS2)C1. The predicted molar refractivity (Wildman–Crippen MR) is 66.7 cm³/mol. The van der Waals surface area contributed by atoms with Gasteiger partial charge in [-0.15, -0.1) is 10.2 Å². The van der Waals surface area contributed by atoms with E-state index >= 15 is 0 Å². The van der Waals surface area contributed by atoms with Crippen LogP contribution in [0.3, 0.4) is 0 Å². The maximum absolute atomic E-state index is 4.40. The Hall–Kier alpha value is -0.510. The molecule has 2 aliphatic rings. The molecule has 0 N–H and O–H groups in total. The molecule has 1 aromatic heterocycles. The molecule has 0 radical (unpaired) electrons. The molecule has 16 heavy (non-hydrogen) atoms. The standard InChI is InChI=1S/C12H19N3S/c1-9-4-5-15-11(7-9)13-14-12(15)8-10-3-2-6-16-10/h9-10H,2-8H2,1H3. The third-order valence-corrected chi connectivity index (χ3v) is 5.11. The largest absolute Gasteiger partial charge is 0.315 e. The minimum absolute atomic E-state index is 0.783. The number of hydrogen-bond acceptors (Lipinski definition) is 3. The van der Waals surface area contributed by atoms with Crippen LogP contribution in [-0.4, -0.2) is 25.8 Å². The van der Waals surface area contributed by atoms with Crippen molar-refractivity contribution >= 4 is 11.8 Å². The van der Waals surface area contributed by atoms with Crippen molar-refractivity contribution in [2.75, 3.05) is 5.75 Å². The van der Waals surface area contributed by atoms with Crippen LogP contribution >= 0.6 is 11.8 Å². The van der Waals surface area contributed by atoms with E-state index in [-0.39, 0.29) is 0 Å². The molecule has 1 fully saturated rings. The molecule has 1 saturated heterocycles. The third-order valence-electron chi connectivity index (χ3n) is 3.71. The average molecular weight is 237 g/mol. The van der Waals surface area contributed by atoms with E-state index in [2.05, 4.69) is 33.5 Å². The van der Waals surface area contributed by atoms with Crippen LogP contribution in [0, 0.1) is 5.92 Å². The lowest BCUT2D eigenvalue weighted by Crippen LogP contribution is -2.20. The van der Waals surface area contributed by atoms with Gasteiger partial charge in [0.25, 0.3) is 0 Å². The average Bonchev–Trinajstić information content (AvgIpc) is 2.89. The van der Waals surface area contributed by atoms with Gasteiger partial charge in [0, 0.05) is 24.6 Å². The molecule has 0 bridgehead atoms. The molecule has 3 rings (SSSR count). The second-order valence-corrected chi connectivity index (χ2v) is 6.53. The summed E-state index contributed by atoms with van der Waals surface area (Å²) in [5.41, 5.74) is 0. The van der Waals surface area contributed by atoms with Gasteiger partial charge in [-0.1, -0.05) is 6.92 Å². The van der Waals surface area contributed by atoms with Gasteiger partial charge in [-0.05, 0) is 30.9 Å². The maximum atomic E-state index is 4.40. The summed E-state index contributed by atoms with van der Waals surface area (Å²) in [5.74, 6) is 4.58. The van der Waals surface area contributed by atoms with Crippen LogP contribution < -0.4 is 0 Å². The predicted octanol–water partition coefficient (Wildman–Crippen LogP) is 2.30. The summed E-state index contributed by atoms with van der Waals surface area (Å²) in [4.78, 5) is 0. The van der Waals surface area contributed by atoms with Crippen molar-refractivity contribution in [2.24, 2.45) is 5.92 Å². The van der Waals surface area contributed by atoms with Crippen LogP contribution in [0.4, 0.5) is 0 Å². The molecule has 3 nitrogen and oxygen atoms in total. The molecular formula is C12H19N3S. The lowest BCUT2D eigenvalue weighted by Gasteiger charge is -2.20. The molecule has 4 heteroatoms. The summed E-state index contributed by atoms with van der Waals surface area (Å²) in [5, 5.41) is 9.55. The Morgan fingerprint density at radius 2 is 2.31 bits per heavy atom. The van der Waals surface area contributed by atoms with Crippen molar-refractivity contribution in [1.82, 2.24) is 14.8 Å². The molecule has 2 atom stereocenters. The second-order valence-electron chi connectivity index (χ2n) is 5.12. The zero-order valence-corrected chi connectivity index (χ0v) is 10.7. The van der Waals surface area contributed by atoms with Crippen molar-refractivity contribution in [1.29, 1.82) is 0 Å². The van der Waals surface area contributed by atoms with E-state index in [9.17, 15) is 0 Å². The first kappa shape index (κ1) is 10.6. The summed E-state index contributed by atoms with van der Waals surface area (Å²) in [7, 11) is 0. The Balaban J connectivity index is 1.75. The molecule has 2 aliphatic heterocycles. The van der Waals surface area contributed by atoms with Gasteiger partial charge in [0.2, 0.25) is 0 Å². The summed E-state index contributed by atoms with van der Waals surface area (Å²) in [6, 6.07) is 0. The minimum atomic E-state index is 0.783. The Labute approximate surface area is 101 Å². The van der Waals surface area contributed by atoms with E-state index in [0.29, 0.717) is 0 Å². The van der Waals surface area contributed by atoms with Crippen molar-refractivity contribution < 1.29 is 0 Å². The van der Waals surface area contributed by atoms with Crippen LogP contribution in [-0.2, 0) is 19.4 Å². The zero-order chi connectivity index (χ0) is 11.0. The van der Waals surface area contributed by atoms with Gasteiger partial charge >= 0.3 is 0 Å². The zero-order valence-electron chi connectivity index (χ0n) is 9.85. The van der Waals surface area contributed by atoms with Crippen LogP contribution in [0.1, 0.15) is 37.8 Å². The molecule has 2 unspecified atom stereocenters. The molecule has 1 aromatic rings. The first-order valence-electron chi connectivity index (χ1n) is 6.35. The van der Waals surface area contributed by atoms with Gasteiger partial charge in [0.15, 0.2) is 0 Å². The highest BCUT2D eigenvalue weighted by Gasteiger charge is 2.23. The number of thioether (sulfide) groups is 1. The maximum Gasteiger partial charge on any atom is 0.134 e. The number of hydrogen-bond donors (Lipinski definition) is 0. The number of aromatic nitrogens is 3. The highest BCUT2D eigenvalue weighted by atomic mass is 32.2. The van der Waals surface area contributed by atoms with Gasteiger partial charge in [0.1, 0.15) is 11.6 Å². The molecule has 3 heterocycles. The highest BCUT2D eigenvalue weighted by molar-refractivity contribution is 8.00. The molecule has 0 amide bonds. The fourth-order valence-corrected chi connectivity index (χ4v) is 3.97. The van der Waals surface area contributed by atoms with Gasteiger partial charge in [0.05, 0.1) is 0 Å². The van der Waals surface area contributed by atoms with Crippen LogP contribution in [0.15, 0.2) is 0 Å². The molecule has 0 spiro atoms. The fourth-order valence-electron chi connectivity index (χ4n) is 2.70. The van der Waals surface area contributed by atoms with E-state index in [1.165, 1.54) is 36.7 Å². The lowest BCUT2D eigenvalue weighted by atomic mass is 10.0. The summed E-state index contributed by atoms with van der Waals surface area (Å²) >= 11 is 2.11. The first-order valence-corrected chi connectivity index (χ1v) is 7.40. The number of rotatable bonds is 2. The Morgan fingerprint density at radius 3 is 3.12 bits per heavy atom. The Bertz CT molecular complexity index is 368. The fraction of sp³-hybridized carbons (Fsp3) is 0.833. The number of nitrogens with zero attached hydrogens (tertiary/aromatic N) is 3. The second kappa shape index (κ2) is 4.40. The Morgan fingerprint density at radius 1 is 1.38 bits per heavy atom. The van der Waals surface area contributed by atoms with E-state index in [1.54, 1.807) is 0 Å². The molecule has 0 aliphatic carbocycles. The first-order chi connectivity index (χ1) is 7.83. The van der Waals surface area contributed by atoms with E-state index in [1.807, 2.05) is 0 Å². The van der Waals surface area contributed by atoms with Crippen molar-refractivity contribution in [3.63, 3.8) is 0 Å². The van der Waals surface area contributed by atoms with E-state index < -0.39 is 0 Å². The van der Waals surface area contributed by atoms with Crippen molar-refractivity contribution in [2.45, 2.75) is 50.8 Å². The summed E-state index contributed by atoms with van der Waals surface area (Å²) < 4.78 is 2.37. The third kappa shape index (κ3) is 1.99.